The van der Waals surface area contributed by atoms with Gasteiger partial charge in [0.05, 0.1) is 24.3 Å². The number of carbonyl (C=O) groups excluding carboxylic acids is 1. The molecule has 0 atom stereocenters. The molecule has 0 amide bonds. The zero-order chi connectivity index (χ0) is 19.2. The lowest BCUT2D eigenvalue weighted by Crippen LogP contribution is -2.34. The first-order valence-electron chi connectivity index (χ1n) is 8.16. The van der Waals surface area contributed by atoms with Crippen molar-refractivity contribution in [2.75, 3.05) is 7.11 Å². The summed E-state index contributed by atoms with van der Waals surface area (Å²) in [6.07, 6.45) is 3.03. The van der Waals surface area contributed by atoms with E-state index in [2.05, 4.69) is 0 Å². The summed E-state index contributed by atoms with van der Waals surface area (Å²) >= 11 is 1.19. The highest BCUT2D eigenvalue weighted by Gasteiger charge is 2.11. The fraction of sp³-hybridized carbons (Fsp3) is 0.0952. The van der Waals surface area contributed by atoms with Crippen LogP contribution in [0.2, 0.25) is 0 Å². The summed E-state index contributed by atoms with van der Waals surface area (Å²) in [4.78, 5) is 25.3. The van der Waals surface area contributed by atoms with E-state index in [0.29, 0.717) is 14.8 Å². The van der Waals surface area contributed by atoms with Gasteiger partial charge in [-0.3, -0.25) is 14.2 Å². The number of carbonyl (C=O) groups is 1. The average Bonchev–Trinajstić information content (AvgIpc) is 2.98. The number of ether oxygens (including phenoxy) is 1. The first kappa shape index (κ1) is 18.4. The lowest BCUT2D eigenvalue weighted by molar-refractivity contribution is 0.0970. The molecule has 5 nitrogen and oxygen atoms in total. The summed E-state index contributed by atoms with van der Waals surface area (Å²) in [6, 6.07) is 18.0. The second-order valence-corrected chi connectivity index (χ2v) is 6.74. The molecule has 2 aromatic carbocycles. The predicted octanol–water partition coefficient (Wildman–Crippen LogP) is 1.93. The Morgan fingerprint density at radius 2 is 1.89 bits per heavy atom. The van der Waals surface area contributed by atoms with E-state index in [9.17, 15) is 9.59 Å². The molecular formula is C21H16N2O3S. The molecule has 1 heterocycles. The minimum absolute atomic E-state index is 0.108. The number of hydrogen-bond acceptors (Lipinski definition) is 5. The first-order chi connectivity index (χ1) is 13.1. The van der Waals surface area contributed by atoms with Crippen LogP contribution in [0.5, 0.6) is 5.75 Å². The van der Waals surface area contributed by atoms with Crippen molar-refractivity contribution >= 4 is 29.3 Å². The van der Waals surface area contributed by atoms with Gasteiger partial charge in [0.15, 0.2) is 5.78 Å². The molecule has 0 saturated carbocycles. The van der Waals surface area contributed by atoms with Crippen molar-refractivity contribution in [3.8, 4) is 11.8 Å². The van der Waals surface area contributed by atoms with Crippen LogP contribution in [-0.4, -0.2) is 17.5 Å². The first-order valence-corrected chi connectivity index (χ1v) is 8.97. The fourth-order valence-electron chi connectivity index (χ4n) is 2.56. The molecule has 6 heteroatoms. The minimum atomic E-state index is -0.290. The second-order valence-electron chi connectivity index (χ2n) is 5.68. The van der Waals surface area contributed by atoms with E-state index in [-0.39, 0.29) is 17.9 Å². The molecule has 1 aromatic heterocycles. The number of benzene rings is 2. The molecule has 0 aliphatic rings. The number of methoxy groups -OCH3 is 1. The monoisotopic (exact) mass is 376 g/mol. The number of nitrogens with zero attached hydrogens (tertiary/aromatic N) is 2. The lowest BCUT2D eigenvalue weighted by Gasteiger charge is -2.01. The van der Waals surface area contributed by atoms with Gasteiger partial charge in [-0.05, 0) is 23.8 Å². The fourth-order valence-corrected chi connectivity index (χ4v) is 3.55. The van der Waals surface area contributed by atoms with E-state index >= 15 is 0 Å². The molecule has 0 spiro atoms. The Morgan fingerprint density at radius 3 is 2.52 bits per heavy atom. The molecule has 134 valence electrons. The van der Waals surface area contributed by atoms with Crippen LogP contribution in [0.1, 0.15) is 15.9 Å². The number of aromatic nitrogens is 1. The van der Waals surface area contributed by atoms with E-state index in [4.69, 9.17) is 10.00 Å². The van der Waals surface area contributed by atoms with E-state index in [1.165, 1.54) is 22.0 Å². The largest absolute Gasteiger partial charge is 0.497 e. The number of thiazole rings is 1. The molecule has 0 N–H and O–H groups in total. The highest BCUT2D eigenvalue weighted by atomic mass is 32.1. The normalized spacial score (nSPS) is 12.0. The van der Waals surface area contributed by atoms with Crippen molar-refractivity contribution < 1.29 is 9.53 Å². The van der Waals surface area contributed by atoms with Gasteiger partial charge in [-0.2, -0.15) is 5.26 Å². The topological polar surface area (TPSA) is 72.1 Å². The third kappa shape index (κ3) is 4.22. The quantitative estimate of drug-likeness (QED) is 0.638. The molecule has 0 aliphatic heterocycles. The summed E-state index contributed by atoms with van der Waals surface area (Å²) in [5, 5.41) is 9.02. The van der Waals surface area contributed by atoms with Gasteiger partial charge in [0.25, 0.3) is 5.56 Å². The Hall–Kier alpha value is -3.43. The van der Waals surface area contributed by atoms with Gasteiger partial charge in [0, 0.05) is 11.6 Å². The van der Waals surface area contributed by atoms with E-state index in [1.54, 1.807) is 49.6 Å². The van der Waals surface area contributed by atoms with Crippen LogP contribution < -0.4 is 19.5 Å². The van der Waals surface area contributed by atoms with Crippen LogP contribution in [0.3, 0.4) is 0 Å². The Balaban J connectivity index is 2.03. The van der Waals surface area contributed by atoms with Crippen LogP contribution >= 0.6 is 11.3 Å². The van der Waals surface area contributed by atoms with Crippen LogP contribution in [0.4, 0.5) is 0 Å². The third-order valence-corrected chi connectivity index (χ3v) is 5.00. The molecule has 0 bridgehead atoms. The molecule has 3 aromatic rings. The van der Waals surface area contributed by atoms with Crippen molar-refractivity contribution in [1.29, 1.82) is 5.26 Å². The molecule has 3 rings (SSSR count). The van der Waals surface area contributed by atoms with Crippen LogP contribution in [-0.2, 0) is 6.54 Å². The Labute approximate surface area is 159 Å². The van der Waals surface area contributed by atoms with E-state index < -0.39 is 0 Å². The van der Waals surface area contributed by atoms with Gasteiger partial charge in [-0.1, -0.05) is 42.5 Å². The standard InChI is InChI=1S/C21H16N2O3S/c1-26-17-9-7-15(8-10-17)13-19-21(25)23(20(27-19)11-12-22)14-18(24)16-5-3-2-4-6-16/h2-11,13H,14H2,1H3/b19-13-,20-11-. The smallest absolute Gasteiger partial charge is 0.269 e. The second kappa shape index (κ2) is 8.30. The van der Waals surface area contributed by atoms with Crippen molar-refractivity contribution in [1.82, 2.24) is 4.57 Å². The van der Waals surface area contributed by atoms with Gasteiger partial charge < -0.3 is 4.74 Å². The summed E-state index contributed by atoms with van der Waals surface area (Å²) in [5.41, 5.74) is 1.07. The van der Waals surface area contributed by atoms with Gasteiger partial charge in [0.2, 0.25) is 0 Å². The van der Waals surface area contributed by atoms with Crippen LogP contribution in [0, 0.1) is 11.3 Å². The highest BCUT2D eigenvalue weighted by molar-refractivity contribution is 7.07. The molecule has 0 aliphatic carbocycles. The lowest BCUT2D eigenvalue weighted by atomic mass is 10.1. The Morgan fingerprint density at radius 1 is 1.19 bits per heavy atom. The molecule has 0 fully saturated rings. The molecular weight excluding hydrogens is 360 g/mol. The highest BCUT2D eigenvalue weighted by Crippen LogP contribution is 2.11. The molecule has 0 saturated heterocycles. The van der Waals surface area contributed by atoms with Crippen LogP contribution in [0.15, 0.2) is 59.4 Å². The SMILES string of the molecule is COc1ccc(/C=c2\s/c(=C\C#N)n(CC(=O)c3ccccc3)c2=O)cc1. The maximum atomic E-state index is 12.8. The van der Waals surface area contributed by atoms with Gasteiger partial charge in [-0.15, -0.1) is 11.3 Å². The van der Waals surface area contributed by atoms with Crippen molar-refractivity contribution in [3.63, 3.8) is 0 Å². The van der Waals surface area contributed by atoms with E-state index in [0.717, 1.165) is 11.3 Å². The Bertz CT molecular complexity index is 1170. The zero-order valence-electron chi connectivity index (χ0n) is 14.6. The van der Waals surface area contributed by atoms with E-state index in [1.807, 2.05) is 24.3 Å². The number of Topliss-reactive ketones (excluding diaryl/α,β-unsaturated/α-hetero) is 1. The molecule has 0 unspecified atom stereocenters. The summed E-state index contributed by atoms with van der Waals surface area (Å²) in [6.45, 7) is -0.108. The Kier molecular flexibility index (Phi) is 5.64. The van der Waals surface area contributed by atoms with Crippen LogP contribution in [0.25, 0.3) is 12.2 Å². The average molecular weight is 376 g/mol. The summed E-state index contributed by atoms with van der Waals surface area (Å²) < 4.78 is 7.39. The van der Waals surface area contributed by atoms with Gasteiger partial charge in [-0.25, -0.2) is 0 Å². The summed E-state index contributed by atoms with van der Waals surface area (Å²) in [5.74, 6) is 0.543. The minimum Gasteiger partial charge on any atom is -0.497 e. The predicted molar refractivity (Wildman–Crippen MR) is 105 cm³/mol. The maximum absolute atomic E-state index is 12.8. The number of nitriles is 1. The number of rotatable bonds is 5. The third-order valence-electron chi connectivity index (χ3n) is 3.94. The van der Waals surface area contributed by atoms with Gasteiger partial charge >= 0.3 is 0 Å². The van der Waals surface area contributed by atoms with Crippen molar-refractivity contribution in [2.24, 2.45) is 0 Å². The maximum Gasteiger partial charge on any atom is 0.269 e. The molecule has 0 radical (unpaired) electrons. The van der Waals surface area contributed by atoms with Crippen molar-refractivity contribution in [3.05, 3.63) is 85.3 Å². The number of ketones is 1. The van der Waals surface area contributed by atoms with Crippen molar-refractivity contribution in [2.45, 2.75) is 6.54 Å². The summed E-state index contributed by atoms with van der Waals surface area (Å²) in [7, 11) is 1.59. The number of hydrogen-bond donors (Lipinski definition) is 0. The zero-order valence-corrected chi connectivity index (χ0v) is 15.4. The molecule has 27 heavy (non-hydrogen) atoms. The van der Waals surface area contributed by atoms with Gasteiger partial charge in [0.1, 0.15) is 10.4 Å².